The Labute approximate surface area is 181 Å². The third-order valence-electron chi connectivity index (χ3n) is 5.11. The fourth-order valence-electron chi connectivity index (χ4n) is 3.33. The first-order valence-electron chi connectivity index (χ1n) is 10.0. The van der Waals surface area contributed by atoms with Gasteiger partial charge in [-0.2, -0.15) is 0 Å². The van der Waals surface area contributed by atoms with Crippen molar-refractivity contribution < 1.29 is 4.52 Å². The highest BCUT2D eigenvalue weighted by Crippen LogP contribution is 2.23. The average Bonchev–Trinajstić information content (AvgIpc) is 3.07. The van der Waals surface area contributed by atoms with E-state index >= 15 is 0 Å². The van der Waals surface area contributed by atoms with Gasteiger partial charge in [0.1, 0.15) is 6.54 Å². The maximum Gasteiger partial charge on any atom is 0.191 e. The fraction of sp³-hybridized carbons (Fsp3) is 0.800. The van der Waals surface area contributed by atoms with Gasteiger partial charge in [0.25, 0.3) is 0 Å². The number of nitrogens with one attached hydrogen (secondary N) is 2. The van der Waals surface area contributed by atoms with Crippen molar-refractivity contribution in [2.45, 2.75) is 72.4 Å². The third-order valence-corrected chi connectivity index (χ3v) is 5.11. The van der Waals surface area contributed by atoms with Crippen molar-refractivity contribution in [2.75, 3.05) is 26.2 Å². The Bertz CT molecular complexity index is 585. The first-order valence-corrected chi connectivity index (χ1v) is 10.0. The summed E-state index contributed by atoms with van der Waals surface area (Å²) in [5.41, 5.74) is 1.08. The Kier molecular flexibility index (Phi) is 10.1. The van der Waals surface area contributed by atoms with Crippen molar-refractivity contribution in [3.8, 4) is 0 Å². The number of guanidine groups is 1. The maximum atomic E-state index is 5.39. The summed E-state index contributed by atoms with van der Waals surface area (Å²) < 4.78 is 5.39. The molecule has 0 radical (unpaired) electrons. The SMILES string of the molecule is CCNC(=NCc1cc(C(C)C)no1)NCC(C)(C)N1CCCC(C)C1.I. The van der Waals surface area contributed by atoms with Crippen molar-refractivity contribution in [1.82, 2.24) is 20.7 Å². The number of likely N-dealkylation sites (tertiary alicyclic amines) is 1. The molecular weight excluding hydrogens is 453 g/mol. The van der Waals surface area contributed by atoms with Crippen molar-refractivity contribution in [3.05, 3.63) is 17.5 Å². The van der Waals surface area contributed by atoms with Crippen LogP contribution in [0.5, 0.6) is 0 Å². The molecule has 1 aromatic heterocycles. The molecule has 1 fully saturated rings. The zero-order chi connectivity index (χ0) is 19.2. The van der Waals surface area contributed by atoms with Gasteiger partial charge in [-0.1, -0.05) is 25.9 Å². The molecule has 0 spiro atoms. The molecule has 1 saturated heterocycles. The highest BCUT2D eigenvalue weighted by Gasteiger charge is 2.30. The number of aliphatic imine (C=N–C) groups is 1. The van der Waals surface area contributed by atoms with E-state index in [1.807, 2.05) is 6.07 Å². The fourth-order valence-corrected chi connectivity index (χ4v) is 3.33. The monoisotopic (exact) mass is 491 g/mol. The lowest BCUT2D eigenvalue weighted by atomic mass is 9.93. The summed E-state index contributed by atoms with van der Waals surface area (Å²) >= 11 is 0. The van der Waals surface area contributed by atoms with Crippen molar-refractivity contribution in [1.29, 1.82) is 0 Å². The summed E-state index contributed by atoms with van der Waals surface area (Å²) in [4.78, 5) is 7.26. The maximum absolute atomic E-state index is 5.39. The average molecular weight is 491 g/mol. The minimum atomic E-state index is 0. The van der Waals surface area contributed by atoms with Crippen LogP contribution in [-0.4, -0.2) is 47.7 Å². The number of hydrogen-bond acceptors (Lipinski definition) is 4. The Balaban J connectivity index is 0.00000364. The van der Waals surface area contributed by atoms with E-state index in [4.69, 9.17) is 4.52 Å². The van der Waals surface area contributed by atoms with Gasteiger partial charge in [0, 0.05) is 31.2 Å². The molecule has 156 valence electrons. The zero-order valence-corrected chi connectivity index (χ0v) is 20.2. The second-order valence-corrected chi connectivity index (χ2v) is 8.43. The molecule has 0 aromatic carbocycles. The van der Waals surface area contributed by atoms with E-state index in [0.29, 0.717) is 12.5 Å². The van der Waals surface area contributed by atoms with Crippen LogP contribution in [0, 0.1) is 5.92 Å². The van der Waals surface area contributed by atoms with E-state index in [1.54, 1.807) is 0 Å². The lowest BCUT2D eigenvalue weighted by Gasteiger charge is -2.43. The lowest BCUT2D eigenvalue weighted by Crippen LogP contribution is -2.55. The van der Waals surface area contributed by atoms with Crippen LogP contribution < -0.4 is 10.6 Å². The molecule has 1 atom stereocenters. The Morgan fingerprint density at radius 1 is 1.41 bits per heavy atom. The molecule has 0 bridgehead atoms. The van der Waals surface area contributed by atoms with E-state index < -0.39 is 0 Å². The van der Waals surface area contributed by atoms with Gasteiger partial charge in [0.15, 0.2) is 11.7 Å². The number of rotatable bonds is 7. The molecule has 1 aliphatic rings. The first-order chi connectivity index (χ1) is 12.3. The Hall–Kier alpha value is -0.830. The molecule has 27 heavy (non-hydrogen) atoms. The molecular formula is C20H38IN5O. The van der Waals surface area contributed by atoms with E-state index in [-0.39, 0.29) is 29.5 Å². The molecule has 2 rings (SSSR count). The standard InChI is InChI=1S/C20H37N5O.HI/c1-7-21-19(22-12-17-11-18(15(2)3)24-26-17)23-14-20(5,6)25-10-8-9-16(4)13-25;/h11,15-16H,7-10,12-14H2,1-6H3,(H2,21,22,23);1H. The summed E-state index contributed by atoms with van der Waals surface area (Å²) in [6.07, 6.45) is 2.64. The second kappa shape index (κ2) is 11.2. The van der Waals surface area contributed by atoms with Gasteiger partial charge in [-0.25, -0.2) is 4.99 Å². The van der Waals surface area contributed by atoms with Crippen LogP contribution in [0.15, 0.2) is 15.6 Å². The van der Waals surface area contributed by atoms with E-state index in [1.165, 1.54) is 25.9 Å². The lowest BCUT2D eigenvalue weighted by molar-refractivity contribution is 0.0739. The van der Waals surface area contributed by atoms with Gasteiger partial charge < -0.3 is 15.2 Å². The van der Waals surface area contributed by atoms with Gasteiger partial charge >= 0.3 is 0 Å². The molecule has 1 aromatic rings. The Morgan fingerprint density at radius 3 is 2.74 bits per heavy atom. The number of piperidine rings is 1. The summed E-state index contributed by atoms with van der Waals surface area (Å²) in [6.45, 7) is 17.8. The molecule has 2 N–H and O–H groups in total. The van der Waals surface area contributed by atoms with Gasteiger partial charge in [-0.15, -0.1) is 24.0 Å². The number of aromatic nitrogens is 1. The largest absolute Gasteiger partial charge is 0.359 e. The first kappa shape index (κ1) is 24.2. The third kappa shape index (κ3) is 7.60. The molecule has 6 nitrogen and oxygen atoms in total. The van der Waals surface area contributed by atoms with Crippen LogP contribution >= 0.6 is 24.0 Å². The highest BCUT2D eigenvalue weighted by atomic mass is 127. The van der Waals surface area contributed by atoms with E-state index in [0.717, 1.165) is 36.4 Å². The molecule has 7 heteroatoms. The topological polar surface area (TPSA) is 65.7 Å². The van der Waals surface area contributed by atoms with Crippen molar-refractivity contribution in [2.24, 2.45) is 10.9 Å². The highest BCUT2D eigenvalue weighted by molar-refractivity contribution is 14.0. The van der Waals surface area contributed by atoms with Crippen LogP contribution in [-0.2, 0) is 6.54 Å². The van der Waals surface area contributed by atoms with E-state index in [2.05, 4.69) is 67.2 Å². The number of halogens is 1. The predicted octanol–water partition coefficient (Wildman–Crippen LogP) is 3.98. The molecule has 0 amide bonds. The molecule has 1 aliphatic heterocycles. The molecule has 0 saturated carbocycles. The summed E-state index contributed by atoms with van der Waals surface area (Å²) in [5, 5.41) is 10.9. The van der Waals surface area contributed by atoms with Crippen molar-refractivity contribution >= 4 is 29.9 Å². The van der Waals surface area contributed by atoms with Crippen LogP contribution in [0.1, 0.15) is 71.8 Å². The molecule has 1 unspecified atom stereocenters. The smallest absolute Gasteiger partial charge is 0.191 e. The molecule has 0 aliphatic carbocycles. The minimum absolute atomic E-state index is 0. The van der Waals surface area contributed by atoms with E-state index in [9.17, 15) is 0 Å². The van der Waals surface area contributed by atoms with Gasteiger partial charge in [-0.05, 0) is 52.0 Å². The van der Waals surface area contributed by atoms with Gasteiger partial charge in [0.2, 0.25) is 0 Å². The summed E-state index contributed by atoms with van der Waals surface area (Å²) in [5.74, 6) is 2.78. The summed E-state index contributed by atoms with van der Waals surface area (Å²) in [7, 11) is 0. The predicted molar refractivity (Wildman–Crippen MR) is 123 cm³/mol. The van der Waals surface area contributed by atoms with Crippen molar-refractivity contribution in [3.63, 3.8) is 0 Å². The van der Waals surface area contributed by atoms with Crippen LogP contribution in [0.4, 0.5) is 0 Å². The summed E-state index contributed by atoms with van der Waals surface area (Å²) in [6, 6.07) is 2.00. The number of nitrogens with zero attached hydrogens (tertiary/aromatic N) is 3. The molecule has 2 heterocycles. The minimum Gasteiger partial charge on any atom is -0.359 e. The Morgan fingerprint density at radius 2 is 2.15 bits per heavy atom. The van der Waals surface area contributed by atoms with Crippen LogP contribution in [0.25, 0.3) is 0 Å². The van der Waals surface area contributed by atoms with Gasteiger partial charge in [0.05, 0.1) is 5.69 Å². The van der Waals surface area contributed by atoms with Crippen LogP contribution in [0.2, 0.25) is 0 Å². The second-order valence-electron chi connectivity index (χ2n) is 8.43. The number of hydrogen-bond donors (Lipinski definition) is 2. The quantitative estimate of drug-likeness (QED) is 0.343. The van der Waals surface area contributed by atoms with Crippen LogP contribution in [0.3, 0.4) is 0 Å². The zero-order valence-electron chi connectivity index (χ0n) is 17.8. The van der Waals surface area contributed by atoms with Gasteiger partial charge in [-0.3, -0.25) is 4.90 Å². The normalized spacial score (nSPS) is 19.1.